The fourth-order valence-electron chi connectivity index (χ4n) is 2.64. The Morgan fingerprint density at radius 3 is 2.44 bits per heavy atom. The number of hydrogen-bond donors (Lipinski definition) is 0. The molecule has 0 bridgehead atoms. The normalized spacial score (nSPS) is 11.6. The summed E-state index contributed by atoms with van der Waals surface area (Å²) in [5.41, 5.74) is 3.25. The topological polar surface area (TPSA) is 26.5 Å². The molecule has 3 rings (SSSR count). The van der Waals surface area contributed by atoms with Gasteiger partial charge in [0.2, 0.25) is 0 Å². The predicted molar refractivity (Wildman–Crippen MR) is 109 cm³/mol. The van der Waals surface area contributed by atoms with Gasteiger partial charge in [-0.05, 0) is 61.0 Å². The number of aryl methyl sites for hydroxylation is 1. The van der Waals surface area contributed by atoms with Crippen molar-refractivity contribution in [2.24, 2.45) is 4.99 Å². The van der Waals surface area contributed by atoms with Crippen molar-refractivity contribution in [3.63, 3.8) is 0 Å². The van der Waals surface area contributed by atoms with Gasteiger partial charge >= 0.3 is 0 Å². The molecule has 128 valence electrons. The maximum absolute atomic E-state index is 5.26. The van der Waals surface area contributed by atoms with Gasteiger partial charge in [0.1, 0.15) is 5.75 Å². The maximum atomic E-state index is 5.26. The third-order valence-corrected chi connectivity index (χ3v) is 5.33. The van der Waals surface area contributed by atoms with Crippen molar-refractivity contribution in [3.05, 3.63) is 75.3 Å². The number of allylic oxidation sites excluding steroid dienone is 1. The first-order valence-electron chi connectivity index (χ1n) is 7.88. The monoisotopic (exact) mass is 414 g/mol. The molecule has 0 N–H and O–H groups in total. The molecule has 0 aliphatic carbocycles. The Morgan fingerprint density at radius 1 is 1.16 bits per heavy atom. The summed E-state index contributed by atoms with van der Waals surface area (Å²) in [7, 11) is 1.68. The summed E-state index contributed by atoms with van der Waals surface area (Å²) in [5, 5.41) is 0. The molecule has 0 aliphatic heterocycles. The first-order chi connectivity index (χ1) is 12.1. The molecule has 0 radical (unpaired) electrons. The van der Waals surface area contributed by atoms with E-state index in [1.54, 1.807) is 18.4 Å². The molecule has 1 aromatic heterocycles. The average Bonchev–Trinajstić information content (AvgIpc) is 2.92. The molecule has 0 saturated heterocycles. The Kier molecular flexibility index (Phi) is 5.56. The largest absolute Gasteiger partial charge is 0.497 e. The number of nitrogens with zero attached hydrogens (tertiary/aromatic N) is 2. The lowest BCUT2D eigenvalue weighted by Crippen LogP contribution is -2.14. The third kappa shape index (κ3) is 3.94. The zero-order chi connectivity index (χ0) is 17.8. The molecular weight excluding hydrogens is 396 g/mol. The highest BCUT2D eigenvalue weighted by molar-refractivity contribution is 9.10. The summed E-state index contributed by atoms with van der Waals surface area (Å²) in [6.07, 6.45) is 1.90. The van der Waals surface area contributed by atoms with Crippen LogP contribution in [0, 0.1) is 6.92 Å². The first kappa shape index (κ1) is 17.7. The molecule has 0 atom stereocenters. The summed E-state index contributed by atoms with van der Waals surface area (Å²) < 4.78 is 8.52. The smallest absolute Gasteiger partial charge is 0.190 e. The van der Waals surface area contributed by atoms with Gasteiger partial charge in [0.05, 0.1) is 18.5 Å². The van der Waals surface area contributed by atoms with Gasteiger partial charge in [-0.25, -0.2) is 4.99 Å². The van der Waals surface area contributed by atoms with Crippen molar-refractivity contribution in [2.75, 3.05) is 7.11 Å². The SMILES string of the molecule is C=CCn1c(-c2ccc(OC)cc2)c(C)sc1=Nc1ccc(Br)cc1. The summed E-state index contributed by atoms with van der Waals surface area (Å²) in [6, 6.07) is 16.1. The number of rotatable bonds is 5. The van der Waals surface area contributed by atoms with Gasteiger partial charge in [0.15, 0.2) is 4.80 Å². The highest BCUT2D eigenvalue weighted by Gasteiger charge is 2.12. The summed E-state index contributed by atoms with van der Waals surface area (Å²) in [6.45, 7) is 6.74. The molecule has 3 aromatic rings. The van der Waals surface area contributed by atoms with Crippen LogP contribution in [-0.4, -0.2) is 11.7 Å². The Morgan fingerprint density at radius 2 is 1.84 bits per heavy atom. The summed E-state index contributed by atoms with van der Waals surface area (Å²) in [4.78, 5) is 7.02. The number of hydrogen-bond acceptors (Lipinski definition) is 3. The lowest BCUT2D eigenvalue weighted by atomic mass is 10.1. The van der Waals surface area contributed by atoms with E-state index < -0.39 is 0 Å². The highest BCUT2D eigenvalue weighted by atomic mass is 79.9. The molecule has 0 spiro atoms. The molecular formula is C20H19BrN2OS. The van der Waals surface area contributed by atoms with Crippen molar-refractivity contribution in [3.8, 4) is 17.0 Å². The van der Waals surface area contributed by atoms with Crippen LogP contribution in [0.2, 0.25) is 0 Å². The molecule has 2 aromatic carbocycles. The lowest BCUT2D eigenvalue weighted by molar-refractivity contribution is 0.415. The zero-order valence-corrected chi connectivity index (χ0v) is 16.6. The second-order valence-corrected chi connectivity index (χ2v) is 7.60. The standard InChI is InChI=1S/C20H19BrN2OS/c1-4-13-23-19(15-5-11-18(24-3)12-6-15)14(2)25-20(23)22-17-9-7-16(21)8-10-17/h4-12H,1,13H2,2-3H3. The van der Waals surface area contributed by atoms with E-state index in [0.29, 0.717) is 6.54 Å². The minimum atomic E-state index is 0.709. The second-order valence-electron chi connectivity index (χ2n) is 5.51. The van der Waals surface area contributed by atoms with Gasteiger partial charge in [-0.1, -0.05) is 22.0 Å². The number of halogens is 1. The van der Waals surface area contributed by atoms with Crippen LogP contribution in [-0.2, 0) is 6.54 Å². The van der Waals surface area contributed by atoms with E-state index in [-0.39, 0.29) is 0 Å². The van der Waals surface area contributed by atoms with Crippen LogP contribution in [0.25, 0.3) is 11.3 Å². The quantitative estimate of drug-likeness (QED) is 0.490. The number of ether oxygens (including phenoxy) is 1. The second kappa shape index (κ2) is 7.85. The van der Waals surface area contributed by atoms with Gasteiger partial charge in [0, 0.05) is 15.9 Å². The minimum absolute atomic E-state index is 0.709. The Balaban J connectivity index is 2.14. The van der Waals surface area contributed by atoms with E-state index in [1.165, 1.54) is 10.6 Å². The highest BCUT2D eigenvalue weighted by Crippen LogP contribution is 2.27. The van der Waals surface area contributed by atoms with Gasteiger partial charge in [-0.2, -0.15) is 0 Å². The maximum Gasteiger partial charge on any atom is 0.190 e. The van der Waals surface area contributed by atoms with E-state index in [1.807, 2.05) is 42.5 Å². The Bertz CT molecular complexity index is 937. The van der Waals surface area contributed by atoms with E-state index >= 15 is 0 Å². The number of benzene rings is 2. The van der Waals surface area contributed by atoms with Crippen molar-refractivity contribution >= 4 is 33.0 Å². The zero-order valence-electron chi connectivity index (χ0n) is 14.2. The van der Waals surface area contributed by atoms with E-state index in [9.17, 15) is 0 Å². The fourth-order valence-corrected chi connectivity index (χ4v) is 3.93. The molecule has 0 amide bonds. The van der Waals surface area contributed by atoms with E-state index in [2.05, 4.69) is 46.1 Å². The first-order valence-corrected chi connectivity index (χ1v) is 9.49. The van der Waals surface area contributed by atoms with Crippen LogP contribution in [0.3, 0.4) is 0 Å². The summed E-state index contributed by atoms with van der Waals surface area (Å²) >= 11 is 5.15. The van der Waals surface area contributed by atoms with Gasteiger partial charge in [-0.15, -0.1) is 17.9 Å². The van der Waals surface area contributed by atoms with Crippen LogP contribution in [0.5, 0.6) is 5.75 Å². The van der Waals surface area contributed by atoms with Crippen molar-refractivity contribution in [1.82, 2.24) is 4.57 Å². The summed E-state index contributed by atoms with van der Waals surface area (Å²) in [5.74, 6) is 0.853. The van der Waals surface area contributed by atoms with E-state index in [4.69, 9.17) is 9.73 Å². The molecule has 0 aliphatic rings. The minimum Gasteiger partial charge on any atom is -0.497 e. The van der Waals surface area contributed by atoms with Crippen LogP contribution < -0.4 is 9.54 Å². The van der Waals surface area contributed by atoms with Crippen molar-refractivity contribution < 1.29 is 4.74 Å². The Labute approximate surface area is 160 Å². The van der Waals surface area contributed by atoms with Crippen molar-refractivity contribution in [2.45, 2.75) is 13.5 Å². The molecule has 0 fully saturated rings. The number of methoxy groups -OCH3 is 1. The molecule has 5 heteroatoms. The lowest BCUT2D eigenvalue weighted by Gasteiger charge is -2.09. The molecule has 3 nitrogen and oxygen atoms in total. The number of aromatic nitrogens is 1. The molecule has 0 unspecified atom stereocenters. The van der Waals surface area contributed by atoms with Crippen molar-refractivity contribution in [1.29, 1.82) is 0 Å². The van der Waals surface area contributed by atoms with Gasteiger partial charge in [-0.3, -0.25) is 0 Å². The third-order valence-electron chi connectivity index (χ3n) is 3.81. The van der Waals surface area contributed by atoms with Crippen LogP contribution in [0.4, 0.5) is 5.69 Å². The van der Waals surface area contributed by atoms with Crippen LogP contribution >= 0.6 is 27.3 Å². The Hall–Kier alpha value is -2.11. The van der Waals surface area contributed by atoms with Crippen LogP contribution in [0.1, 0.15) is 4.88 Å². The molecule has 0 saturated carbocycles. The van der Waals surface area contributed by atoms with Crippen LogP contribution in [0.15, 0.2) is 70.7 Å². The number of thiazole rings is 1. The van der Waals surface area contributed by atoms with Gasteiger partial charge < -0.3 is 9.30 Å². The fraction of sp³-hybridized carbons (Fsp3) is 0.150. The average molecular weight is 415 g/mol. The predicted octanol–water partition coefficient (Wildman–Crippen LogP) is 5.71. The molecule has 25 heavy (non-hydrogen) atoms. The van der Waals surface area contributed by atoms with E-state index in [0.717, 1.165) is 26.3 Å². The molecule has 1 heterocycles. The van der Waals surface area contributed by atoms with Gasteiger partial charge in [0.25, 0.3) is 0 Å².